The Hall–Kier alpha value is -1.88. The molecule has 0 aliphatic heterocycles. The number of aromatic nitrogens is 1. The molecule has 122 valence electrons. The van der Waals surface area contributed by atoms with E-state index in [2.05, 4.69) is 10.3 Å². The first kappa shape index (κ1) is 17.0. The highest BCUT2D eigenvalue weighted by Gasteiger charge is 2.09. The second-order valence-electron chi connectivity index (χ2n) is 5.20. The van der Waals surface area contributed by atoms with E-state index >= 15 is 0 Å². The average Bonchev–Trinajstić information content (AvgIpc) is 3.05. The molecule has 24 heavy (non-hydrogen) atoms. The SMILES string of the molecule is O=C(CCc1ccccc1)Nc1nc(-c2ccc(Cl)c(Cl)c2)cs1. The first-order valence-corrected chi connectivity index (χ1v) is 9.00. The van der Waals surface area contributed by atoms with Gasteiger partial charge in [0.2, 0.25) is 5.91 Å². The van der Waals surface area contributed by atoms with Crippen molar-refractivity contribution < 1.29 is 4.79 Å². The van der Waals surface area contributed by atoms with Crippen molar-refractivity contribution in [2.45, 2.75) is 12.8 Å². The Morgan fingerprint density at radius 3 is 2.62 bits per heavy atom. The molecule has 0 fully saturated rings. The highest BCUT2D eigenvalue weighted by atomic mass is 35.5. The van der Waals surface area contributed by atoms with Crippen LogP contribution >= 0.6 is 34.5 Å². The van der Waals surface area contributed by atoms with E-state index in [9.17, 15) is 4.79 Å². The third-order valence-electron chi connectivity index (χ3n) is 3.45. The lowest BCUT2D eigenvalue weighted by atomic mass is 10.1. The highest BCUT2D eigenvalue weighted by molar-refractivity contribution is 7.14. The molecule has 0 radical (unpaired) electrons. The van der Waals surface area contributed by atoms with E-state index in [4.69, 9.17) is 23.2 Å². The number of benzene rings is 2. The van der Waals surface area contributed by atoms with Crippen molar-refractivity contribution >= 4 is 45.6 Å². The molecule has 0 saturated carbocycles. The fourth-order valence-corrected chi connectivity index (χ4v) is 3.24. The van der Waals surface area contributed by atoms with Gasteiger partial charge in [0.1, 0.15) is 0 Å². The van der Waals surface area contributed by atoms with E-state index in [1.165, 1.54) is 11.3 Å². The van der Waals surface area contributed by atoms with Crippen molar-refractivity contribution in [1.29, 1.82) is 0 Å². The van der Waals surface area contributed by atoms with Gasteiger partial charge in [-0.25, -0.2) is 4.98 Å². The molecular formula is C18H14Cl2N2OS. The molecular weight excluding hydrogens is 363 g/mol. The molecule has 0 unspecified atom stereocenters. The number of rotatable bonds is 5. The molecule has 0 spiro atoms. The van der Waals surface area contributed by atoms with Crippen LogP contribution in [0, 0.1) is 0 Å². The lowest BCUT2D eigenvalue weighted by Crippen LogP contribution is -2.12. The van der Waals surface area contributed by atoms with Crippen LogP contribution in [-0.2, 0) is 11.2 Å². The number of carbonyl (C=O) groups excluding carboxylic acids is 1. The van der Waals surface area contributed by atoms with Gasteiger partial charge < -0.3 is 5.32 Å². The minimum Gasteiger partial charge on any atom is -0.302 e. The fraction of sp³-hybridized carbons (Fsp3) is 0.111. The Morgan fingerprint density at radius 1 is 1.08 bits per heavy atom. The number of nitrogens with zero attached hydrogens (tertiary/aromatic N) is 1. The van der Waals surface area contributed by atoms with Crippen LogP contribution in [0.25, 0.3) is 11.3 Å². The van der Waals surface area contributed by atoms with Crippen LogP contribution in [0.5, 0.6) is 0 Å². The lowest BCUT2D eigenvalue weighted by Gasteiger charge is -2.02. The summed E-state index contributed by atoms with van der Waals surface area (Å²) in [6, 6.07) is 15.3. The van der Waals surface area contributed by atoms with Crippen molar-refractivity contribution in [3.63, 3.8) is 0 Å². The Labute approximate surface area is 154 Å². The topological polar surface area (TPSA) is 42.0 Å². The smallest absolute Gasteiger partial charge is 0.226 e. The molecule has 0 bridgehead atoms. The van der Waals surface area contributed by atoms with Crippen LogP contribution in [0.15, 0.2) is 53.9 Å². The summed E-state index contributed by atoms with van der Waals surface area (Å²) in [7, 11) is 0. The zero-order valence-electron chi connectivity index (χ0n) is 12.6. The van der Waals surface area contributed by atoms with Gasteiger partial charge in [0.25, 0.3) is 0 Å². The number of carbonyl (C=O) groups is 1. The van der Waals surface area contributed by atoms with E-state index in [0.29, 0.717) is 28.0 Å². The van der Waals surface area contributed by atoms with Gasteiger partial charge in [-0.05, 0) is 24.1 Å². The molecule has 1 aromatic heterocycles. The van der Waals surface area contributed by atoms with Gasteiger partial charge in [0.15, 0.2) is 5.13 Å². The van der Waals surface area contributed by atoms with Crippen molar-refractivity contribution in [2.24, 2.45) is 0 Å². The van der Waals surface area contributed by atoms with Gasteiger partial charge >= 0.3 is 0 Å². The maximum atomic E-state index is 12.0. The quantitative estimate of drug-likeness (QED) is 0.621. The summed E-state index contributed by atoms with van der Waals surface area (Å²) in [5.41, 5.74) is 2.77. The van der Waals surface area contributed by atoms with Crippen LogP contribution in [0.2, 0.25) is 10.0 Å². The third kappa shape index (κ3) is 4.35. The fourth-order valence-electron chi connectivity index (χ4n) is 2.20. The maximum absolute atomic E-state index is 12.0. The Kier molecular flexibility index (Phi) is 5.51. The molecule has 1 amide bonds. The van der Waals surface area contributed by atoms with Gasteiger partial charge in [-0.1, -0.05) is 59.6 Å². The summed E-state index contributed by atoms with van der Waals surface area (Å²) in [6.07, 6.45) is 1.13. The third-order valence-corrected chi connectivity index (χ3v) is 4.95. The molecule has 0 aliphatic rings. The predicted molar refractivity (Wildman–Crippen MR) is 101 cm³/mol. The molecule has 0 atom stereocenters. The van der Waals surface area contributed by atoms with E-state index in [1.807, 2.05) is 41.8 Å². The number of anilines is 1. The monoisotopic (exact) mass is 376 g/mol. The molecule has 0 saturated heterocycles. The molecule has 0 aliphatic carbocycles. The van der Waals surface area contributed by atoms with Gasteiger partial charge in [0, 0.05) is 17.4 Å². The zero-order chi connectivity index (χ0) is 16.9. The summed E-state index contributed by atoms with van der Waals surface area (Å²) in [5, 5.41) is 6.28. The van der Waals surface area contributed by atoms with Crippen LogP contribution in [0.1, 0.15) is 12.0 Å². The van der Waals surface area contributed by atoms with Crippen molar-refractivity contribution in [1.82, 2.24) is 4.98 Å². The minimum atomic E-state index is -0.0473. The molecule has 3 rings (SSSR count). The molecule has 3 aromatic rings. The van der Waals surface area contributed by atoms with Crippen LogP contribution in [-0.4, -0.2) is 10.9 Å². The molecule has 1 N–H and O–H groups in total. The Morgan fingerprint density at radius 2 is 1.88 bits per heavy atom. The summed E-state index contributed by atoms with van der Waals surface area (Å²) >= 11 is 13.3. The highest BCUT2D eigenvalue weighted by Crippen LogP contribution is 2.30. The first-order chi connectivity index (χ1) is 11.6. The van der Waals surface area contributed by atoms with Gasteiger partial charge in [-0.2, -0.15) is 0 Å². The standard InChI is InChI=1S/C18H14Cl2N2OS/c19-14-8-7-13(10-15(14)20)16-11-24-18(21-16)22-17(23)9-6-12-4-2-1-3-5-12/h1-5,7-8,10-11H,6,9H2,(H,21,22,23). The Bertz CT molecular complexity index is 849. The number of hydrogen-bond acceptors (Lipinski definition) is 3. The minimum absolute atomic E-state index is 0.0473. The molecule has 3 nitrogen and oxygen atoms in total. The summed E-state index contributed by atoms with van der Waals surface area (Å²) in [6.45, 7) is 0. The summed E-state index contributed by atoms with van der Waals surface area (Å²) in [4.78, 5) is 16.5. The van der Waals surface area contributed by atoms with Crippen LogP contribution in [0.4, 0.5) is 5.13 Å². The van der Waals surface area contributed by atoms with Gasteiger partial charge in [-0.3, -0.25) is 4.79 Å². The lowest BCUT2D eigenvalue weighted by molar-refractivity contribution is -0.116. The largest absolute Gasteiger partial charge is 0.302 e. The van der Waals surface area contributed by atoms with Crippen molar-refractivity contribution in [3.8, 4) is 11.3 Å². The van der Waals surface area contributed by atoms with Gasteiger partial charge in [0.05, 0.1) is 15.7 Å². The Balaban J connectivity index is 1.61. The van der Waals surface area contributed by atoms with Gasteiger partial charge in [-0.15, -0.1) is 11.3 Å². The number of hydrogen-bond donors (Lipinski definition) is 1. The molecule has 2 aromatic carbocycles. The summed E-state index contributed by atoms with van der Waals surface area (Å²) < 4.78 is 0. The van der Waals surface area contributed by atoms with E-state index in [0.717, 1.165) is 16.8 Å². The number of amides is 1. The summed E-state index contributed by atoms with van der Waals surface area (Å²) in [5.74, 6) is -0.0473. The number of thiazole rings is 1. The van der Waals surface area contributed by atoms with Crippen LogP contribution in [0.3, 0.4) is 0 Å². The maximum Gasteiger partial charge on any atom is 0.226 e. The van der Waals surface area contributed by atoms with Crippen molar-refractivity contribution in [2.75, 3.05) is 5.32 Å². The second-order valence-corrected chi connectivity index (χ2v) is 6.87. The zero-order valence-corrected chi connectivity index (χ0v) is 15.0. The number of nitrogens with one attached hydrogen (secondary N) is 1. The number of halogens is 2. The second kappa shape index (κ2) is 7.79. The average molecular weight is 377 g/mol. The van der Waals surface area contributed by atoms with E-state index < -0.39 is 0 Å². The van der Waals surface area contributed by atoms with Crippen molar-refractivity contribution in [3.05, 3.63) is 69.5 Å². The molecule has 6 heteroatoms. The number of aryl methyl sites for hydroxylation is 1. The normalized spacial score (nSPS) is 10.6. The molecule has 1 heterocycles. The van der Waals surface area contributed by atoms with Crippen LogP contribution < -0.4 is 5.32 Å². The van der Waals surface area contributed by atoms with E-state index in [-0.39, 0.29) is 5.91 Å². The predicted octanol–water partition coefficient (Wildman–Crippen LogP) is 5.69. The van der Waals surface area contributed by atoms with E-state index in [1.54, 1.807) is 12.1 Å². The first-order valence-electron chi connectivity index (χ1n) is 7.36.